The Hall–Kier alpha value is -1.80. The summed E-state index contributed by atoms with van der Waals surface area (Å²) in [7, 11) is 0. The van der Waals surface area contributed by atoms with Gasteiger partial charge in [0.15, 0.2) is 0 Å². The van der Waals surface area contributed by atoms with Crippen LogP contribution in [0.1, 0.15) is 0 Å². The third kappa shape index (κ3) is 1.81. The van der Waals surface area contributed by atoms with Gasteiger partial charge in [0.05, 0.1) is 10.5 Å². The highest BCUT2D eigenvalue weighted by molar-refractivity contribution is 6.35. The molecule has 0 amide bonds. The number of para-hydroxylation sites is 1. The van der Waals surface area contributed by atoms with Crippen LogP contribution < -0.4 is 0 Å². The molecule has 0 radical (unpaired) electrons. The largest absolute Gasteiger partial charge is 0.353 e. The fraction of sp³-hybridized carbons (Fsp3) is 0. The first-order chi connectivity index (χ1) is 8.24. The number of benzene rings is 2. The highest BCUT2D eigenvalue weighted by Gasteiger charge is 2.05. The maximum Gasteiger partial charge on any atom is 0.123 e. The number of rotatable bonds is 1. The molecule has 1 heterocycles. The molecule has 1 N–H and O–H groups in total. The second-order valence-electron chi connectivity index (χ2n) is 3.89. The van der Waals surface area contributed by atoms with E-state index in [9.17, 15) is 4.39 Å². The lowest BCUT2D eigenvalue weighted by atomic mass is 10.1. The molecule has 3 heteroatoms. The highest BCUT2D eigenvalue weighted by Crippen LogP contribution is 2.28. The van der Waals surface area contributed by atoms with Crippen molar-refractivity contribution in [3.63, 3.8) is 0 Å². The number of halogens is 2. The zero-order chi connectivity index (χ0) is 11.8. The predicted molar refractivity (Wildman–Crippen MR) is 68.7 cm³/mol. The Labute approximate surface area is 103 Å². The fourth-order valence-corrected chi connectivity index (χ4v) is 2.13. The summed E-state index contributed by atoms with van der Waals surface area (Å²) in [4.78, 5) is 3.25. The van der Waals surface area contributed by atoms with Crippen molar-refractivity contribution in [2.45, 2.75) is 0 Å². The highest BCUT2D eigenvalue weighted by atomic mass is 35.5. The van der Waals surface area contributed by atoms with Gasteiger partial charge >= 0.3 is 0 Å². The van der Waals surface area contributed by atoms with E-state index >= 15 is 0 Å². The van der Waals surface area contributed by atoms with Gasteiger partial charge in [-0.15, -0.1) is 0 Å². The lowest BCUT2D eigenvalue weighted by Crippen LogP contribution is -1.78. The van der Waals surface area contributed by atoms with Crippen LogP contribution in [0.3, 0.4) is 0 Å². The first kappa shape index (κ1) is 10.4. The van der Waals surface area contributed by atoms with Gasteiger partial charge in [-0.25, -0.2) is 4.39 Å². The van der Waals surface area contributed by atoms with Crippen molar-refractivity contribution in [1.82, 2.24) is 4.98 Å². The van der Waals surface area contributed by atoms with E-state index in [2.05, 4.69) is 4.98 Å². The third-order valence-electron chi connectivity index (χ3n) is 2.76. The van der Waals surface area contributed by atoms with Gasteiger partial charge in [-0.3, -0.25) is 0 Å². The molecule has 0 bridgehead atoms. The van der Waals surface area contributed by atoms with Crippen LogP contribution in [0, 0.1) is 5.82 Å². The number of aromatic nitrogens is 1. The van der Waals surface area contributed by atoms with Crippen molar-refractivity contribution < 1.29 is 4.39 Å². The van der Waals surface area contributed by atoms with Crippen LogP contribution in [0.2, 0.25) is 5.02 Å². The van der Waals surface area contributed by atoms with Crippen LogP contribution in [0.4, 0.5) is 4.39 Å². The minimum atomic E-state index is -0.233. The number of hydrogen-bond donors (Lipinski definition) is 1. The van der Waals surface area contributed by atoms with E-state index < -0.39 is 0 Å². The van der Waals surface area contributed by atoms with Crippen molar-refractivity contribution >= 4 is 22.5 Å². The van der Waals surface area contributed by atoms with Gasteiger partial charge in [-0.05, 0) is 42.0 Å². The van der Waals surface area contributed by atoms with Crippen LogP contribution in [-0.2, 0) is 0 Å². The smallest absolute Gasteiger partial charge is 0.123 e. The van der Waals surface area contributed by atoms with Crippen LogP contribution in [0.5, 0.6) is 0 Å². The van der Waals surface area contributed by atoms with Crippen molar-refractivity contribution in [1.29, 1.82) is 0 Å². The maximum absolute atomic E-state index is 12.8. The summed E-state index contributed by atoms with van der Waals surface area (Å²) in [6.07, 6.45) is 0. The molecule has 1 aromatic heterocycles. The molecule has 0 aliphatic carbocycles. The van der Waals surface area contributed by atoms with E-state index in [-0.39, 0.29) is 5.82 Å². The lowest BCUT2D eigenvalue weighted by molar-refractivity contribution is 0.628. The van der Waals surface area contributed by atoms with Crippen molar-refractivity contribution in [2.75, 3.05) is 0 Å². The quantitative estimate of drug-likeness (QED) is 0.644. The summed E-state index contributed by atoms with van der Waals surface area (Å²) >= 11 is 6.09. The zero-order valence-corrected chi connectivity index (χ0v) is 9.63. The Bertz CT molecular complexity index is 670. The van der Waals surface area contributed by atoms with E-state index in [4.69, 9.17) is 11.6 Å². The molecule has 3 rings (SSSR count). The van der Waals surface area contributed by atoms with Crippen molar-refractivity contribution in [3.05, 3.63) is 59.4 Å². The van der Waals surface area contributed by atoms with Gasteiger partial charge in [0.2, 0.25) is 0 Å². The first-order valence-electron chi connectivity index (χ1n) is 5.27. The number of aromatic amines is 1. The molecule has 0 saturated carbocycles. The van der Waals surface area contributed by atoms with E-state index in [0.717, 1.165) is 22.2 Å². The topological polar surface area (TPSA) is 15.8 Å². The normalized spacial score (nSPS) is 10.9. The summed E-state index contributed by atoms with van der Waals surface area (Å²) in [5, 5.41) is 1.74. The Kier molecular flexibility index (Phi) is 2.37. The van der Waals surface area contributed by atoms with E-state index in [1.54, 1.807) is 12.1 Å². The van der Waals surface area contributed by atoms with Gasteiger partial charge < -0.3 is 4.98 Å². The molecule has 3 aromatic rings. The molecule has 2 aromatic carbocycles. The molecule has 0 aliphatic rings. The van der Waals surface area contributed by atoms with Gasteiger partial charge in [-0.1, -0.05) is 23.7 Å². The second kappa shape index (κ2) is 3.90. The maximum atomic E-state index is 12.8. The van der Waals surface area contributed by atoms with E-state index in [1.807, 2.05) is 24.3 Å². The molecule has 0 unspecified atom stereocenters. The van der Waals surface area contributed by atoms with Crippen LogP contribution in [0.25, 0.3) is 22.2 Å². The molecule has 1 nitrogen and oxygen atoms in total. The Morgan fingerprint density at radius 3 is 2.47 bits per heavy atom. The van der Waals surface area contributed by atoms with Crippen LogP contribution in [0.15, 0.2) is 48.5 Å². The first-order valence-corrected chi connectivity index (χ1v) is 5.65. The summed E-state index contributed by atoms with van der Waals surface area (Å²) in [6, 6.07) is 14.1. The molecule has 84 valence electrons. The average molecular weight is 246 g/mol. The minimum absolute atomic E-state index is 0.233. The van der Waals surface area contributed by atoms with Gasteiger partial charge in [-0.2, -0.15) is 0 Å². The number of nitrogens with one attached hydrogen (secondary N) is 1. The zero-order valence-electron chi connectivity index (χ0n) is 8.87. The Morgan fingerprint density at radius 1 is 1.00 bits per heavy atom. The van der Waals surface area contributed by atoms with Crippen molar-refractivity contribution in [3.8, 4) is 11.3 Å². The fourth-order valence-electron chi connectivity index (χ4n) is 1.90. The minimum Gasteiger partial charge on any atom is -0.353 e. The third-order valence-corrected chi connectivity index (χ3v) is 3.08. The summed E-state index contributed by atoms with van der Waals surface area (Å²) in [6.45, 7) is 0. The molecular formula is C14H9ClFN. The molecule has 0 fully saturated rings. The summed E-state index contributed by atoms with van der Waals surface area (Å²) in [5.74, 6) is -0.233. The molecular weight excluding hydrogens is 237 g/mol. The van der Waals surface area contributed by atoms with Crippen LogP contribution in [-0.4, -0.2) is 4.98 Å². The van der Waals surface area contributed by atoms with Gasteiger partial charge in [0.1, 0.15) is 5.82 Å². The van der Waals surface area contributed by atoms with Crippen LogP contribution >= 0.6 is 11.6 Å². The van der Waals surface area contributed by atoms with E-state index in [1.165, 1.54) is 12.1 Å². The molecule has 17 heavy (non-hydrogen) atoms. The molecule has 0 aliphatic heterocycles. The summed E-state index contributed by atoms with van der Waals surface area (Å²) < 4.78 is 12.8. The lowest BCUT2D eigenvalue weighted by Gasteiger charge is -1.96. The standard InChI is InChI=1S/C14H9ClFN/c15-12-3-1-2-10-8-13(17-14(10)12)9-4-6-11(16)7-5-9/h1-8,17H. The number of H-pyrrole nitrogens is 1. The Balaban J connectivity index is 2.18. The average Bonchev–Trinajstić information content (AvgIpc) is 2.75. The summed E-state index contributed by atoms with van der Waals surface area (Å²) in [5.41, 5.74) is 2.79. The molecule has 0 saturated heterocycles. The van der Waals surface area contributed by atoms with Crippen molar-refractivity contribution in [2.24, 2.45) is 0 Å². The Morgan fingerprint density at radius 2 is 1.76 bits per heavy atom. The predicted octanol–water partition coefficient (Wildman–Crippen LogP) is 4.63. The second-order valence-corrected chi connectivity index (χ2v) is 4.30. The number of hydrogen-bond acceptors (Lipinski definition) is 0. The molecule has 0 spiro atoms. The monoisotopic (exact) mass is 245 g/mol. The van der Waals surface area contributed by atoms with Gasteiger partial charge in [0, 0.05) is 11.1 Å². The molecule has 0 atom stereocenters. The SMILES string of the molecule is Fc1ccc(-c2cc3cccc(Cl)c3[nH]2)cc1. The van der Waals surface area contributed by atoms with Gasteiger partial charge in [0.25, 0.3) is 0 Å². The number of fused-ring (bicyclic) bond motifs is 1. The van der Waals surface area contributed by atoms with E-state index in [0.29, 0.717) is 5.02 Å².